The summed E-state index contributed by atoms with van der Waals surface area (Å²) in [5, 5.41) is 7.12. The molecule has 1 N–H and O–H groups in total. The van der Waals surface area contributed by atoms with Gasteiger partial charge in [-0.25, -0.2) is 9.78 Å². The first-order valence-electron chi connectivity index (χ1n) is 8.48. The molecule has 2 aliphatic rings. The SMILES string of the molecule is CN(C)S(=O)(=O)N1C[C@@H]2COC[C@]2(COc2ccccn2)C1.O=C(O)C(F)(F)F. The Labute approximate surface area is 166 Å². The number of rotatable bonds is 5. The number of nitrogens with zero attached hydrogens (tertiary/aromatic N) is 3. The van der Waals surface area contributed by atoms with Crippen LogP contribution in [0.4, 0.5) is 13.2 Å². The van der Waals surface area contributed by atoms with Crippen molar-refractivity contribution in [3.63, 3.8) is 0 Å². The first-order valence-corrected chi connectivity index (χ1v) is 9.87. The molecule has 0 unspecified atom stereocenters. The van der Waals surface area contributed by atoms with E-state index < -0.39 is 22.4 Å². The van der Waals surface area contributed by atoms with Gasteiger partial charge in [0.15, 0.2) is 0 Å². The van der Waals surface area contributed by atoms with E-state index in [0.717, 1.165) is 0 Å². The Morgan fingerprint density at radius 1 is 1.45 bits per heavy atom. The lowest BCUT2D eigenvalue weighted by Crippen LogP contribution is -2.42. The van der Waals surface area contributed by atoms with Crippen LogP contribution in [0.1, 0.15) is 0 Å². The van der Waals surface area contributed by atoms with Crippen LogP contribution in [0.2, 0.25) is 0 Å². The minimum absolute atomic E-state index is 0.158. The minimum Gasteiger partial charge on any atom is -0.477 e. The zero-order valence-corrected chi connectivity index (χ0v) is 16.6. The van der Waals surface area contributed by atoms with Crippen LogP contribution in [0.25, 0.3) is 0 Å². The molecule has 2 fully saturated rings. The number of hydrogen-bond acceptors (Lipinski definition) is 6. The molecule has 1 aromatic heterocycles. The molecule has 1 aromatic rings. The Morgan fingerprint density at radius 3 is 2.62 bits per heavy atom. The standard InChI is InChI=1S/C14H21N3O4S.C2HF3O2/c1-16(2)22(18,19)17-7-12-8-20-10-14(12,9-17)11-21-13-5-3-4-6-15-13;3-2(4,5)1(6)7/h3-6,12H,7-11H2,1-2H3;(H,6,7)/t12-,14+;/m1./s1. The van der Waals surface area contributed by atoms with Crippen LogP contribution >= 0.6 is 0 Å². The number of ether oxygens (including phenoxy) is 2. The third-order valence-corrected chi connectivity index (χ3v) is 6.52. The minimum atomic E-state index is -5.08. The molecule has 0 bridgehead atoms. The maximum atomic E-state index is 12.3. The second-order valence-electron chi connectivity index (χ2n) is 6.92. The van der Waals surface area contributed by atoms with Crippen molar-refractivity contribution < 1.29 is 41.0 Å². The molecule has 2 saturated heterocycles. The van der Waals surface area contributed by atoms with Crippen LogP contribution in [0.5, 0.6) is 5.88 Å². The second kappa shape index (κ2) is 8.81. The molecule has 9 nitrogen and oxygen atoms in total. The van der Waals surface area contributed by atoms with Gasteiger partial charge in [0.05, 0.1) is 19.8 Å². The van der Waals surface area contributed by atoms with Crippen LogP contribution in [0.3, 0.4) is 0 Å². The molecule has 29 heavy (non-hydrogen) atoms. The fourth-order valence-electron chi connectivity index (χ4n) is 3.04. The van der Waals surface area contributed by atoms with Crippen molar-refractivity contribution in [2.24, 2.45) is 11.3 Å². The van der Waals surface area contributed by atoms with E-state index in [1.807, 2.05) is 12.1 Å². The van der Waals surface area contributed by atoms with Gasteiger partial charge >= 0.3 is 12.1 Å². The number of fused-ring (bicyclic) bond motifs is 1. The Hall–Kier alpha value is -1.96. The first-order chi connectivity index (χ1) is 13.4. The molecule has 164 valence electrons. The molecule has 0 spiro atoms. The summed E-state index contributed by atoms with van der Waals surface area (Å²) >= 11 is 0. The van der Waals surface area contributed by atoms with Gasteiger partial charge in [0, 0.05) is 50.8 Å². The van der Waals surface area contributed by atoms with E-state index in [0.29, 0.717) is 38.8 Å². The Bertz CT molecular complexity index is 806. The topological polar surface area (TPSA) is 109 Å². The highest BCUT2D eigenvalue weighted by molar-refractivity contribution is 7.86. The van der Waals surface area contributed by atoms with E-state index in [1.165, 1.54) is 8.61 Å². The van der Waals surface area contributed by atoms with Gasteiger partial charge in [0.2, 0.25) is 5.88 Å². The molecule has 2 aliphatic heterocycles. The number of halogens is 3. The maximum absolute atomic E-state index is 12.3. The van der Waals surface area contributed by atoms with Crippen molar-refractivity contribution in [3.05, 3.63) is 24.4 Å². The number of hydrogen-bond donors (Lipinski definition) is 1. The molecule has 0 aliphatic carbocycles. The van der Waals surface area contributed by atoms with E-state index in [2.05, 4.69) is 4.98 Å². The number of carboxylic acids is 1. The summed E-state index contributed by atoms with van der Waals surface area (Å²) in [6.45, 7) is 2.40. The summed E-state index contributed by atoms with van der Waals surface area (Å²) in [5.41, 5.74) is -0.291. The largest absolute Gasteiger partial charge is 0.490 e. The predicted octanol–water partition coefficient (Wildman–Crippen LogP) is 0.848. The Kier molecular flexibility index (Phi) is 7.09. The van der Waals surface area contributed by atoms with Gasteiger partial charge in [0.1, 0.15) is 0 Å². The average molecular weight is 441 g/mol. The summed E-state index contributed by atoms with van der Waals surface area (Å²) < 4.78 is 70.6. The number of carbonyl (C=O) groups is 1. The maximum Gasteiger partial charge on any atom is 0.490 e. The van der Waals surface area contributed by atoms with Gasteiger partial charge in [0.25, 0.3) is 10.2 Å². The van der Waals surface area contributed by atoms with E-state index >= 15 is 0 Å². The third-order valence-electron chi connectivity index (χ3n) is 4.67. The summed E-state index contributed by atoms with van der Waals surface area (Å²) in [7, 11) is -0.295. The summed E-state index contributed by atoms with van der Waals surface area (Å²) in [4.78, 5) is 13.0. The van der Waals surface area contributed by atoms with E-state index in [-0.39, 0.29) is 11.3 Å². The monoisotopic (exact) mass is 441 g/mol. The van der Waals surface area contributed by atoms with Crippen LogP contribution in [0, 0.1) is 11.3 Å². The summed E-state index contributed by atoms with van der Waals surface area (Å²) in [6, 6.07) is 5.48. The second-order valence-corrected chi connectivity index (χ2v) is 9.06. The molecular weight excluding hydrogens is 419 g/mol. The average Bonchev–Trinajstić information content (AvgIpc) is 3.18. The van der Waals surface area contributed by atoms with Crippen molar-refractivity contribution in [1.82, 2.24) is 13.6 Å². The van der Waals surface area contributed by atoms with Crippen molar-refractivity contribution in [2.75, 3.05) is 47.0 Å². The number of aromatic nitrogens is 1. The normalized spacial score (nSPS) is 24.7. The van der Waals surface area contributed by atoms with Gasteiger partial charge in [-0.1, -0.05) is 6.07 Å². The highest BCUT2D eigenvalue weighted by Gasteiger charge is 2.54. The zero-order valence-electron chi connectivity index (χ0n) is 15.8. The lowest BCUT2D eigenvalue weighted by atomic mass is 9.82. The van der Waals surface area contributed by atoms with Gasteiger partial charge in [-0.15, -0.1) is 0 Å². The highest BCUT2D eigenvalue weighted by atomic mass is 32.2. The van der Waals surface area contributed by atoms with Crippen molar-refractivity contribution in [2.45, 2.75) is 6.18 Å². The van der Waals surface area contributed by atoms with Gasteiger partial charge in [-0.05, 0) is 6.07 Å². The summed E-state index contributed by atoms with van der Waals surface area (Å²) in [5.74, 6) is -2.05. The molecular formula is C16H22F3N3O6S. The number of alkyl halides is 3. The van der Waals surface area contributed by atoms with E-state index in [9.17, 15) is 21.6 Å². The van der Waals surface area contributed by atoms with E-state index in [1.54, 1.807) is 26.4 Å². The highest BCUT2D eigenvalue weighted by Crippen LogP contribution is 2.42. The molecule has 0 saturated carbocycles. The molecule has 3 heterocycles. The lowest BCUT2D eigenvalue weighted by molar-refractivity contribution is -0.192. The Balaban J connectivity index is 0.000000370. The molecule has 2 atom stereocenters. The molecule has 0 radical (unpaired) electrons. The fraction of sp³-hybridized carbons (Fsp3) is 0.625. The summed E-state index contributed by atoms with van der Waals surface area (Å²) in [6.07, 6.45) is -3.41. The third kappa shape index (κ3) is 5.56. The Morgan fingerprint density at radius 2 is 2.10 bits per heavy atom. The van der Waals surface area contributed by atoms with Crippen LogP contribution in [-0.4, -0.2) is 86.3 Å². The molecule has 13 heteroatoms. The predicted molar refractivity (Wildman–Crippen MR) is 94.3 cm³/mol. The number of aliphatic carboxylic acids is 1. The van der Waals surface area contributed by atoms with E-state index in [4.69, 9.17) is 19.4 Å². The van der Waals surface area contributed by atoms with Gasteiger partial charge < -0.3 is 14.6 Å². The number of carboxylic acid groups (broad SMARTS) is 1. The smallest absolute Gasteiger partial charge is 0.477 e. The number of pyridine rings is 1. The molecule has 3 rings (SSSR count). The first kappa shape index (κ1) is 23.3. The van der Waals surface area contributed by atoms with Crippen LogP contribution < -0.4 is 4.74 Å². The van der Waals surface area contributed by atoms with Gasteiger partial charge in [-0.2, -0.15) is 30.2 Å². The van der Waals surface area contributed by atoms with Crippen molar-refractivity contribution in [3.8, 4) is 5.88 Å². The van der Waals surface area contributed by atoms with Crippen molar-refractivity contribution >= 4 is 16.2 Å². The lowest BCUT2D eigenvalue weighted by Gasteiger charge is -2.27. The van der Waals surface area contributed by atoms with Crippen molar-refractivity contribution in [1.29, 1.82) is 0 Å². The molecule has 0 amide bonds. The molecule has 0 aromatic carbocycles. The van der Waals surface area contributed by atoms with Crippen LogP contribution in [-0.2, 0) is 19.7 Å². The zero-order chi connectivity index (χ0) is 21.9. The fourth-order valence-corrected chi connectivity index (χ4v) is 4.29. The quantitative estimate of drug-likeness (QED) is 0.722. The van der Waals surface area contributed by atoms with Gasteiger partial charge in [-0.3, -0.25) is 0 Å². The van der Waals surface area contributed by atoms with Crippen LogP contribution in [0.15, 0.2) is 24.4 Å².